The lowest BCUT2D eigenvalue weighted by atomic mass is 9.86. The summed E-state index contributed by atoms with van der Waals surface area (Å²) in [5.41, 5.74) is 6.52. The van der Waals surface area contributed by atoms with E-state index in [1.165, 1.54) is 0 Å². The highest BCUT2D eigenvalue weighted by molar-refractivity contribution is 9.10. The summed E-state index contributed by atoms with van der Waals surface area (Å²) < 4.78 is 0.728. The third-order valence-electron chi connectivity index (χ3n) is 3.76. The minimum absolute atomic E-state index is 0. The smallest absolute Gasteiger partial charge is 0.307 e. The largest absolute Gasteiger partial charge is 0.481 e. The van der Waals surface area contributed by atoms with E-state index in [0.29, 0.717) is 12.0 Å². The van der Waals surface area contributed by atoms with E-state index in [2.05, 4.69) is 21.2 Å². The highest BCUT2D eigenvalue weighted by Gasteiger charge is 2.31. The van der Waals surface area contributed by atoms with E-state index < -0.39 is 17.8 Å². The van der Waals surface area contributed by atoms with Gasteiger partial charge in [0.25, 0.3) is 0 Å². The third-order valence-corrected chi connectivity index (χ3v) is 4.50. The molecule has 1 saturated heterocycles. The molecule has 1 aromatic rings. The lowest BCUT2D eigenvalue weighted by Crippen LogP contribution is -2.27. The van der Waals surface area contributed by atoms with Gasteiger partial charge in [0.2, 0.25) is 5.91 Å². The summed E-state index contributed by atoms with van der Waals surface area (Å²) in [6, 6.07) is 5.04. The molecule has 0 aromatic heterocycles. The summed E-state index contributed by atoms with van der Waals surface area (Å²) in [4.78, 5) is 22.6. The molecule has 1 aliphatic heterocycles. The van der Waals surface area contributed by atoms with Crippen LogP contribution in [-0.4, -0.2) is 30.1 Å². The molecule has 0 radical (unpaired) electrons. The molecule has 4 N–H and O–H groups in total. The number of carbonyl (C=O) groups excluding carboxylic acids is 1. The fraction of sp³-hybridized carbons (Fsp3) is 0.429. The number of aliphatic carboxylic acids is 1. The second-order valence-corrected chi connectivity index (χ2v) is 5.93. The molecular formula is C14H18BrClN2O3. The summed E-state index contributed by atoms with van der Waals surface area (Å²) in [7, 11) is 0. The van der Waals surface area contributed by atoms with Crippen molar-refractivity contribution >= 4 is 40.2 Å². The number of rotatable bonds is 5. The minimum Gasteiger partial charge on any atom is -0.481 e. The summed E-state index contributed by atoms with van der Waals surface area (Å²) in [5.74, 6) is -1.53. The molecule has 5 nitrogen and oxygen atoms in total. The van der Waals surface area contributed by atoms with E-state index in [9.17, 15) is 14.7 Å². The average molecular weight is 378 g/mol. The predicted molar refractivity (Wildman–Crippen MR) is 85.7 cm³/mol. The Morgan fingerprint density at radius 1 is 1.48 bits per heavy atom. The van der Waals surface area contributed by atoms with Crippen LogP contribution in [0.5, 0.6) is 0 Å². The molecule has 1 fully saturated rings. The number of nitrogens with two attached hydrogens (primary N) is 1. The first-order valence-corrected chi connectivity index (χ1v) is 7.30. The first-order chi connectivity index (χ1) is 9.49. The number of hydrogen-bond acceptors (Lipinski definition) is 3. The van der Waals surface area contributed by atoms with Gasteiger partial charge in [0.15, 0.2) is 0 Å². The van der Waals surface area contributed by atoms with E-state index >= 15 is 0 Å². The molecule has 2 atom stereocenters. The molecule has 21 heavy (non-hydrogen) atoms. The van der Waals surface area contributed by atoms with Crippen molar-refractivity contribution in [3.63, 3.8) is 0 Å². The summed E-state index contributed by atoms with van der Waals surface area (Å²) in [6.45, 7) is 1.62. The van der Waals surface area contributed by atoms with Crippen LogP contribution in [0.2, 0.25) is 0 Å². The maximum Gasteiger partial charge on any atom is 0.307 e. The third kappa shape index (κ3) is 4.43. The molecule has 0 bridgehead atoms. The molecule has 116 valence electrons. The van der Waals surface area contributed by atoms with Crippen molar-refractivity contribution in [2.24, 2.45) is 17.6 Å². The van der Waals surface area contributed by atoms with Gasteiger partial charge in [-0.3, -0.25) is 9.59 Å². The van der Waals surface area contributed by atoms with E-state index in [1.54, 1.807) is 18.2 Å². The fourth-order valence-electron chi connectivity index (χ4n) is 2.58. The normalized spacial score (nSPS) is 18.8. The number of halogens is 2. The van der Waals surface area contributed by atoms with Gasteiger partial charge < -0.3 is 16.2 Å². The number of carboxylic acids is 1. The van der Waals surface area contributed by atoms with Gasteiger partial charge in [-0.25, -0.2) is 0 Å². The molecule has 1 heterocycles. The van der Waals surface area contributed by atoms with Gasteiger partial charge in [-0.1, -0.05) is 22.0 Å². The average Bonchev–Trinajstić information content (AvgIpc) is 2.90. The van der Waals surface area contributed by atoms with E-state index in [1.807, 2.05) is 0 Å². The Bertz CT molecular complexity index is 533. The Labute approximate surface area is 137 Å². The van der Waals surface area contributed by atoms with E-state index in [-0.39, 0.29) is 18.3 Å². The van der Waals surface area contributed by atoms with Gasteiger partial charge in [0, 0.05) is 10.0 Å². The second-order valence-electron chi connectivity index (χ2n) is 5.07. The molecule has 0 unspecified atom stereocenters. The Morgan fingerprint density at radius 3 is 2.67 bits per heavy atom. The van der Waals surface area contributed by atoms with Crippen molar-refractivity contribution in [2.75, 3.05) is 13.1 Å². The zero-order valence-corrected chi connectivity index (χ0v) is 13.7. The van der Waals surface area contributed by atoms with Gasteiger partial charge in [-0.2, -0.15) is 0 Å². The lowest BCUT2D eigenvalue weighted by molar-refractivity contribution is -0.143. The fourth-order valence-corrected chi connectivity index (χ4v) is 3.12. The number of primary amides is 1. The Balaban J connectivity index is 0.00000220. The van der Waals surface area contributed by atoms with Gasteiger partial charge in [0.05, 0.1) is 5.92 Å². The van der Waals surface area contributed by atoms with Gasteiger partial charge in [-0.05, 0) is 49.5 Å². The molecule has 0 saturated carbocycles. The van der Waals surface area contributed by atoms with Gasteiger partial charge >= 0.3 is 5.97 Å². The van der Waals surface area contributed by atoms with Crippen molar-refractivity contribution in [1.82, 2.24) is 5.32 Å². The number of benzene rings is 1. The minimum atomic E-state index is -0.774. The number of hydrogen-bond donors (Lipinski definition) is 3. The number of nitrogens with one attached hydrogen (secondary N) is 1. The first-order valence-electron chi connectivity index (χ1n) is 6.50. The van der Waals surface area contributed by atoms with Crippen LogP contribution in [0, 0.1) is 11.8 Å². The molecule has 7 heteroatoms. The number of amides is 1. The lowest BCUT2D eigenvalue weighted by Gasteiger charge is -2.19. The van der Waals surface area contributed by atoms with Crippen LogP contribution in [0.25, 0.3) is 0 Å². The maximum atomic E-state index is 11.5. The molecule has 1 aliphatic rings. The summed E-state index contributed by atoms with van der Waals surface area (Å²) >= 11 is 3.39. The summed E-state index contributed by atoms with van der Waals surface area (Å²) in [5, 5.41) is 12.6. The quantitative estimate of drug-likeness (QED) is 0.730. The standard InChI is InChI=1S/C14H17BrN2O3.ClH/c15-12-6-9(13(16)18)2-1-8(12)5-11(14(19)20)10-3-4-17-7-10;/h1-2,6,10-11,17H,3-5,7H2,(H2,16,18)(H,19,20);1H/t10-,11-;/m0./s1. The Morgan fingerprint density at radius 2 is 2.19 bits per heavy atom. The van der Waals surface area contributed by atoms with Crippen LogP contribution in [0.15, 0.2) is 22.7 Å². The first kappa shape index (κ1) is 17.9. The van der Waals surface area contributed by atoms with Crippen molar-refractivity contribution in [3.05, 3.63) is 33.8 Å². The predicted octanol–water partition coefficient (Wildman–Crippen LogP) is 1.82. The Kier molecular flexibility index (Phi) is 6.64. The molecule has 1 aromatic carbocycles. The zero-order valence-electron chi connectivity index (χ0n) is 11.3. The highest BCUT2D eigenvalue weighted by atomic mass is 79.9. The molecule has 1 amide bonds. The molecule has 0 spiro atoms. The van der Waals surface area contributed by atoms with Crippen LogP contribution in [0.1, 0.15) is 22.3 Å². The van der Waals surface area contributed by atoms with Crippen LogP contribution < -0.4 is 11.1 Å². The number of carbonyl (C=O) groups is 2. The van der Waals surface area contributed by atoms with Crippen LogP contribution in [0.4, 0.5) is 0 Å². The van der Waals surface area contributed by atoms with Crippen molar-refractivity contribution in [3.8, 4) is 0 Å². The van der Waals surface area contributed by atoms with Crippen molar-refractivity contribution < 1.29 is 14.7 Å². The maximum absolute atomic E-state index is 11.5. The van der Waals surface area contributed by atoms with Gasteiger partial charge in [-0.15, -0.1) is 12.4 Å². The zero-order chi connectivity index (χ0) is 14.7. The van der Waals surface area contributed by atoms with Gasteiger partial charge in [0.1, 0.15) is 0 Å². The van der Waals surface area contributed by atoms with Crippen molar-refractivity contribution in [2.45, 2.75) is 12.8 Å². The van der Waals surface area contributed by atoms with Crippen LogP contribution in [0.3, 0.4) is 0 Å². The molecular weight excluding hydrogens is 360 g/mol. The molecule has 2 rings (SSSR count). The van der Waals surface area contributed by atoms with Crippen molar-refractivity contribution in [1.29, 1.82) is 0 Å². The Hall–Kier alpha value is -1.11. The van der Waals surface area contributed by atoms with Crippen LogP contribution in [-0.2, 0) is 11.2 Å². The topological polar surface area (TPSA) is 92.4 Å². The van der Waals surface area contributed by atoms with Crippen LogP contribution >= 0.6 is 28.3 Å². The summed E-state index contributed by atoms with van der Waals surface area (Å²) in [6.07, 6.45) is 1.33. The molecule has 0 aliphatic carbocycles. The highest BCUT2D eigenvalue weighted by Crippen LogP contribution is 2.27. The second kappa shape index (κ2) is 7.77. The SMILES string of the molecule is Cl.NC(=O)c1ccc(C[C@H](C(=O)O)[C@H]2CCNC2)c(Br)c1. The number of carboxylic acid groups (broad SMARTS) is 1. The van der Waals surface area contributed by atoms with E-state index in [0.717, 1.165) is 29.5 Å². The van der Waals surface area contributed by atoms with E-state index in [4.69, 9.17) is 5.73 Å². The monoisotopic (exact) mass is 376 g/mol.